The summed E-state index contributed by atoms with van der Waals surface area (Å²) < 4.78 is 5.30. The summed E-state index contributed by atoms with van der Waals surface area (Å²) in [7, 11) is 1.57. The Morgan fingerprint density at radius 1 is 1.25 bits per heavy atom. The third-order valence-corrected chi connectivity index (χ3v) is 3.89. The molecule has 0 saturated carbocycles. The second-order valence-corrected chi connectivity index (χ2v) is 5.62. The molecule has 0 aliphatic carbocycles. The average Bonchev–Trinajstić information content (AvgIpc) is 2.58. The first kappa shape index (κ1) is 17.8. The summed E-state index contributed by atoms with van der Waals surface area (Å²) in [5.74, 6) is 0.346. The van der Waals surface area contributed by atoms with Crippen LogP contribution in [0.3, 0.4) is 0 Å². The van der Waals surface area contributed by atoms with Crippen LogP contribution >= 0.6 is 0 Å². The monoisotopic (exact) mass is 333 g/mol. The number of carbonyl (C=O) groups is 3. The zero-order valence-electron chi connectivity index (χ0n) is 14.1. The van der Waals surface area contributed by atoms with Gasteiger partial charge in [0, 0.05) is 33.0 Å². The van der Waals surface area contributed by atoms with Crippen LogP contribution in [0.25, 0.3) is 0 Å². The fourth-order valence-electron chi connectivity index (χ4n) is 2.66. The minimum absolute atomic E-state index is 0.0617. The summed E-state index contributed by atoms with van der Waals surface area (Å²) in [5, 5.41) is 2.66. The van der Waals surface area contributed by atoms with E-state index in [0.29, 0.717) is 38.2 Å². The zero-order valence-corrected chi connectivity index (χ0v) is 14.1. The molecule has 0 aromatic heterocycles. The maximum Gasteiger partial charge on any atom is 0.246 e. The van der Waals surface area contributed by atoms with E-state index in [9.17, 15) is 14.4 Å². The molecule has 24 heavy (non-hydrogen) atoms. The molecule has 1 heterocycles. The molecule has 0 bridgehead atoms. The fraction of sp³-hybridized carbons (Fsp3) is 0.471. The summed E-state index contributed by atoms with van der Waals surface area (Å²) in [6.45, 7) is 2.91. The van der Waals surface area contributed by atoms with E-state index >= 15 is 0 Å². The van der Waals surface area contributed by atoms with Crippen LogP contribution in [0.15, 0.2) is 24.3 Å². The topological polar surface area (TPSA) is 79.0 Å². The van der Waals surface area contributed by atoms with Gasteiger partial charge in [-0.3, -0.25) is 14.4 Å². The molecule has 1 aliphatic heterocycles. The Hall–Kier alpha value is -2.57. The van der Waals surface area contributed by atoms with Gasteiger partial charge in [0.25, 0.3) is 0 Å². The molecule has 1 aromatic carbocycles. The van der Waals surface area contributed by atoms with E-state index < -0.39 is 0 Å². The number of methoxy groups -OCH3 is 1. The molecule has 0 radical (unpaired) electrons. The molecule has 1 saturated heterocycles. The van der Waals surface area contributed by atoms with Gasteiger partial charge in [0.15, 0.2) is 0 Å². The Morgan fingerprint density at radius 3 is 2.67 bits per heavy atom. The summed E-state index contributed by atoms with van der Waals surface area (Å²) in [4.78, 5) is 38.6. The smallest absolute Gasteiger partial charge is 0.246 e. The first-order valence-corrected chi connectivity index (χ1v) is 7.98. The lowest BCUT2D eigenvalue weighted by Gasteiger charge is -2.35. The number of hydrogen-bond donors (Lipinski definition) is 1. The number of carbonyl (C=O) groups excluding carboxylic acids is 3. The lowest BCUT2D eigenvalue weighted by molar-refractivity contribution is -0.137. The minimum atomic E-state index is -0.124. The number of anilines is 1. The maximum absolute atomic E-state index is 12.4. The van der Waals surface area contributed by atoms with Crippen LogP contribution in [-0.2, 0) is 14.4 Å². The van der Waals surface area contributed by atoms with E-state index in [2.05, 4.69) is 5.32 Å². The number of rotatable bonds is 6. The first-order valence-electron chi connectivity index (χ1n) is 7.98. The van der Waals surface area contributed by atoms with Gasteiger partial charge in [-0.15, -0.1) is 0 Å². The van der Waals surface area contributed by atoms with Crippen LogP contribution in [0.4, 0.5) is 5.69 Å². The quantitative estimate of drug-likeness (QED) is 0.781. The van der Waals surface area contributed by atoms with E-state index in [1.54, 1.807) is 16.9 Å². The second-order valence-electron chi connectivity index (χ2n) is 5.62. The molecular formula is C17H23N3O4. The predicted octanol–water partition coefficient (Wildman–Crippen LogP) is 0.787. The number of piperazine rings is 1. The van der Waals surface area contributed by atoms with Crippen molar-refractivity contribution in [1.29, 1.82) is 0 Å². The van der Waals surface area contributed by atoms with Crippen molar-refractivity contribution in [3.05, 3.63) is 24.3 Å². The van der Waals surface area contributed by atoms with Crippen molar-refractivity contribution in [2.75, 3.05) is 38.2 Å². The Bertz CT molecular complexity index is 618. The van der Waals surface area contributed by atoms with Gasteiger partial charge < -0.3 is 19.9 Å². The van der Waals surface area contributed by atoms with Crippen molar-refractivity contribution in [3.63, 3.8) is 0 Å². The number of benzene rings is 1. The highest BCUT2D eigenvalue weighted by atomic mass is 16.5. The zero-order chi connectivity index (χ0) is 17.5. The van der Waals surface area contributed by atoms with Crippen LogP contribution in [-0.4, -0.2) is 55.9 Å². The van der Waals surface area contributed by atoms with Crippen molar-refractivity contribution in [1.82, 2.24) is 10.2 Å². The van der Waals surface area contributed by atoms with Gasteiger partial charge in [-0.2, -0.15) is 0 Å². The average molecular weight is 333 g/mol. The van der Waals surface area contributed by atoms with Crippen molar-refractivity contribution < 1.29 is 19.1 Å². The summed E-state index contributed by atoms with van der Waals surface area (Å²) >= 11 is 0. The molecule has 3 amide bonds. The number of hydrogen-bond acceptors (Lipinski definition) is 4. The third kappa shape index (κ3) is 4.47. The number of nitrogens with zero attached hydrogens (tertiary/aromatic N) is 2. The standard InChI is InChI=1S/C17H23N3O4/c1-13(21)18-9-5-8-16(22)19-10-11-20(17(23)12-19)14-6-3-4-7-15(14)24-2/h3-4,6-7H,5,8-12H2,1-2H3,(H,18,21). The van der Waals surface area contributed by atoms with E-state index in [1.165, 1.54) is 6.92 Å². The van der Waals surface area contributed by atoms with Gasteiger partial charge in [0.1, 0.15) is 12.3 Å². The van der Waals surface area contributed by atoms with Crippen molar-refractivity contribution in [2.45, 2.75) is 19.8 Å². The highest BCUT2D eigenvalue weighted by Gasteiger charge is 2.29. The largest absolute Gasteiger partial charge is 0.495 e. The molecular weight excluding hydrogens is 310 g/mol. The van der Waals surface area contributed by atoms with Gasteiger partial charge in [0.05, 0.1) is 12.8 Å². The first-order chi connectivity index (χ1) is 11.5. The van der Waals surface area contributed by atoms with Crippen molar-refractivity contribution in [3.8, 4) is 5.75 Å². The molecule has 0 unspecified atom stereocenters. The Kier molecular flexibility index (Phi) is 6.17. The Balaban J connectivity index is 1.89. The van der Waals surface area contributed by atoms with Crippen LogP contribution in [0, 0.1) is 0 Å². The van der Waals surface area contributed by atoms with Crippen LogP contribution in [0.5, 0.6) is 5.75 Å². The molecule has 0 atom stereocenters. The third-order valence-electron chi connectivity index (χ3n) is 3.89. The van der Waals surface area contributed by atoms with Crippen LogP contribution in [0.2, 0.25) is 0 Å². The number of para-hydroxylation sites is 2. The van der Waals surface area contributed by atoms with Gasteiger partial charge in [-0.1, -0.05) is 12.1 Å². The molecule has 1 aromatic rings. The van der Waals surface area contributed by atoms with E-state index in [1.807, 2.05) is 24.3 Å². The van der Waals surface area contributed by atoms with Gasteiger partial charge in [0.2, 0.25) is 17.7 Å². The molecule has 2 rings (SSSR count). The van der Waals surface area contributed by atoms with Crippen LogP contribution in [0.1, 0.15) is 19.8 Å². The number of nitrogens with one attached hydrogen (secondary N) is 1. The predicted molar refractivity (Wildman–Crippen MR) is 89.8 cm³/mol. The number of amides is 3. The highest BCUT2D eigenvalue weighted by molar-refractivity contribution is 5.99. The minimum Gasteiger partial charge on any atom is -0.495 e. The molecule has 1 aliphatic rings. The van der Waals surface area contributed by atoms with E-state index in [0.717, 1.165) is 5.69 Å². The van der Waals surface area contributed by atoms with Gasteiger partial charge >= 0.3 is 0 Å². The molecule has 1 fully saturated rings. The van der Waals surface area contributed by atoms with Crippen LogP contribution < -0.4 is 15.0 Å². The Labute approximate surface area is 141 Å². The summed E-state index contributed by atoms with van der Waals surface area (Å²) in [6.07, 6.45) is 0.890. The lowest BCUT2D eigenvalue weighted by atomic mass is 10.2. The molecule has 7 heteroatoms. The fourth-order valence-corrected chi connectivity index (χ4v) is 2.66. The normalized spacial score (nSPS) is 14.5. The maximum atomic E-state index is 12.4. The SMILES string of the molecule is COc1ccccc1N1CCN(C(=O)CCCNC(C)=O)CC1=O. The van der Waals surface area contributed by atoms with E-state index in [4.69, 9.17) is 4.74 Å². The molecule has 7 nitrogen and oxygen atoms in total. The van der Waals surface area contributed by atoms with Gasteiger partial charge in [-0.25, -0.2) is 0 Å². The molecule has 0 spiro atoms. The summed E-state index contributed by atoms with van der Waals surface area (Å²) in [5.41, 5.74) is 0.725. The second kappa shape index (κ2) is 8.33. The molecule has 1 N–H and O–H groups in total. The highest BCUT2D eigenvalue weighted by Crippen LogP contribution is 2.28. The molecule has 130 valence electrons. The van der Waals surface area contributed by atoms with Gasteiger partial charge in [-0.05, 0) is 18.6 Å². The summed E-state index contributed by atoms with van der Waals surface area (Å²) in [6, 6.07) is 7.34. The lowest BCUT2D eigenvalue weighted by Crippen LogP contribution is -2.52. The Morgan fingerprint density at radius 2 is 2.00 bits per heavy atom. The van der Waals surface area contributed by atoms with Crippen molar-refractivity contribution in [2.24, 2.45) is 0 Å². The number of ether oxygens (including phenoxy) is 1. The van der Waals surface area contributed by atoms with Crippen molar-refractivity contribution >= 4 is 23.4 Å². The van der Waals surface area contributed by atoms with E-state index in [-0.39, 0.29) is 24.3 Å².